The zero-order valence-electron chi connectivity index (χ0n) is 12.7. The van der Waals surface area contributed by atoms with Gasteiger partial charge in [0.2, 0.25) is 5.95 Å². The van der Waals surface area contributed by atoms with Gasteiger partial charge >= 0.3 is 0 Å². The molecule has 0 radical (unpaired) electrons. The predicted molar refractivity (Wildman–Crippen MR) is 87.7 cm³/mol. The number of hydrogen-bond acceptors (Lipinski definition) is 4. The summed E-state index contributed by atoms with van der Waals surface area (Å²) in [6.07, 6.45) is 2.50. The molecule has 1 aromatic carbocycles. The molecule has 0 fully saturated rings. The Kier molecular flexibility index (Phi) is 4.34. The lowest BCUT2D eigenvalue weighted by atomic mass is 10.3. The summed E-state index contributed by atoms with van der Waals surface area (Å²) in [5, 5.41) is 9.17. The van der Waals surface area contributed by atoms with Gasteiger partial charge in [-0.15, -0.1) is 0 Å². The zero-order chi connectivity index (χ0) is 15.4. The van der Waals surface area contributed by atoms with Crippen molar-refractivity contribution in [2.75, 3.05) is 18.1 Å². The molecule has 0 bridgehead atoms. The minimum Gasteiger partial charge on any atom is -0.396 e. The smallest absolute Gasteiger partial charge is 0.206 e. The maximum atomic E-state index is 9.17. The molecule has 5 heteroatoms. The number of nitrogens with zero attached hydrogens (tertiary/aromatic N) is 4. The molecule has 114 valence electrons. The van der Waals surface area contributed by atoms with Crippen LogP contribution in [0.2, 0.25) is 0 Å². The second-order valence-corrected chi connectivity index (χ2v) is 5.28. The minimum atomic E-state index is 0.169. The van der Waals surface area contributed by atoms with Crippen LogP contribution < -0.4 is 4.90 Å². The van der Waals surface area contributed by atoms with E-state index in [0.717, 1.165) is 29.2 Å². The average Bonchev–Trinajstić information content (AvgIpc) is 2.90. The number of aromatic nitrogens is 3. The van der Waals surface area contributed by atoms with Crippen LogP contribution in [0.25, 0.3) is 11.0 Å². The topological polar surface area (TPSA) is 54.2 Å². The number of fused-ring (bicyclic) bond motifs is 1. The SMILES string of the molecule is Cn1c(N(CCCO)Cc2ccccn2)nc2ccccc21. The number of aryl methyl sites for hydroxylation is 1. The monoisotopic (exact) mass is 296 g/mol. The first-order chi connectivity index (χ1) is 10.8. The van der Waals surface area contributed by atoms with E-state index in [0.29, 0.717) is 13.0 Å². The molecule has 1 N–H and O–H groups in total. The molecular formula is C17H20N4O. The zero-order valence-corrected chi connectivity index (χ0v) is 12.7. The van der Waals surface area contributed by atoms with Gasteiger partial charge in [0.1, 0.15) is 0 Å². The second kappa shape index (κ2) is 6.58. The van der Waals surface area contributed by atoms with E-state index in [1.165, 1.54) is 0 Å². The normalized spacial score (nSPS) is 11.0. The van der Waals surface area contributed by atoms with E-state index < -0.39 is 0 Å². The average molecular weight is 296 g/mol. The highest BCUT2D eigenvalue weighted by Gasteiger charge is 2.15. The van der Waals surface area contributed by atoms with Gasteiger partial charge in [0.15, 0.2) is 0 Å². The molecule has 0 aliphatic rings. The number of hydrogen-bond donors (Lipinski definition) is 1. The number of anilines is 1. The van der Waals surface area contributed by atoms with Crippen molar-refractivity contribution in [3.8, 4) is 0 Å². The molecule has 2 heterocycles. The lowest BCUT2D eigenvalue weighted by Gasteiger charge is -2.23. The first kappa shape index (κ1) is 14.5. The van der Waals surface area contributed by atoms with Crippen LogP contribution in [0.4, 0.5) is 5.95 Å². The maximum Gasteiger partial charge on any atom is 0.206 e. The Bertz CT molecular complexity index is 739. The van der Waals surface area contributed by atoms with Gasteiger partial charge in [0.05, 0.1) is 23.3 Å². The molecule has 0 aliphatic carbocycles. The van der Waals surface area contributed by atoms with Crippen molar-refractivity contribution in [3.63, 3.8) is 0 Å². The Hall–Kier alpha value is -2.40. The van der Waals surface area contributed by atoms with Crippen molar-refractivity contribution in [2.24, 2.45) is 7.05 Å². The summed E-state index contributed by atoms with van der Waals surface area (Å²) in [5.74, 6) is 0.903. The standard InChI is InChI=1S/C17H20N4O/c1-20-16-9-3-2-8-15(16)19-17(20)21(11-6-12-22)13-14-7-4-5-10-18-14/h2-5,7-10,22H,6,11-13H2,1H3. The van der Waals surface area contributed by atoms with Gasteiger partial charge in [-0.2, -0.15) is 0 Å². The Morgan fingerprint density at radius 1 is 1.14 bits per heavy atom. The summed E-state index contributed by atoms with van der Waals surface area (Å²) in [6, 6.07) is 14.0. The van der Waals surface area contributed by atoms with Crippen molar-refractivity contribution in [3.05, 3.63) is 54.4 Å². The van der Waals surface area contributed by atoms with Crippen molar-refractivity contribution < 1.29 is 5.11 Å². The van der Waals surface area contributed by atoms with Crippen molar-refractivity contribution in [1.29, 1.82) is 0 Å². The summed E-state index contributed by atoms with van der Waals surface area (Å²) in [4.78, 5) is 11.3. The summed E-state index contributed by atoms with van der Waals surface area (Å²) >= 11 is 0. The third kappa shape index (κ3) is 2.94. The fourth-order valence-electron chi connectivity index (χ4n) is 2.61. The van der Waals surface area contributed by atoms with E-state index in [9.17, 15) is 0 Å². The molecule has 0 saturated carbocycles. The van der Waals surface area contributed by atoms with E-state index >= 15 is 0 Å². The third-order valence-electron chi connectivity index (χ3n) is 3.71. The number of aliphatic hydroxyl groups excluding tert-OH is 1. The molecular weight excluding hydrogens is 276 g/mol. The minimum absolute atomic E-state index is 0.169. The molecule has 0 amide bonds. The van der Waals surface area contributed by atoms with Crippen LogP contribution in [-0.4, -0.2) is 32.8 Å². The summed E-state index contributed by atoms with van der Waals surface area (Å²) in [7, 11) is 2.02. The molecule has 5 nitrogen and oxygen atoms in total. The summed E-state index contributed by atoms with van der Waals surface area (Å²) in [5.41, 5.74) is 3.08. The number of para-hydroxylation sites is 2. The number of rotatable bonds is 6. The number of benzene rings is 1. The number of pyridine rings is 1. The Balaban J connectivity index is 1.94. The maximum absolute atomic E-state index is 9.17. The molecule has 2 aromatic heterocycles. The first-order valence-corrected chi connectivity index (χ1v) is 7.47. The molecule has 0 atom stereocenters. The molecule has 0 aliphatic heterocycles. The van der Waals surface area contributed by atoms with E-state index in [1.54, 1.807) is 6.20 Å². The quantitative estimate of drug-likeness (QED) is 0.758. The van der Waals surface area contributed by atoms with Crippen LogP contribution in [0.1, 0.15) is 12.1 Å². The fraction of sp³-hybridized carbons (Fsp3) is 0.294. The van der Waals surface area contributed by atoms with Gasteiger partial charge < -0.3 is 14.6 Å². The molecule has 0 spiro atoms. The molecule has 3 rings (SSSR count). The van der Waals surface area contributed by atoms with Crippen molar-refractivity contribution >= 4 is 17.0 Å². The Labute approximate surface area is 129 Å². The van der Waals surface area contributed by atoms with Gasteiger partial charge in [0, 0.05) is 26.4 Å². The van der Waals surface area contributed by atoms with Crippen LogP contribution >= 0.6 is 0 Å². The van der Waals surface area contributed by atoms with Gasteiger partial charge in [-0.25, -0.2) is 4.98 Å². The molecule has 22 heavy (non-hydrogen) atoms. The highest BCUT2D eigenvalue weighted by molar-refractivity contribution is 5.78. The largest absolute Gasteiger partial charge is 0.396 e. The third-order valence-corrected chi connectivity index (χ3v) is 3.71. The first-order valence-electron chi connectivity index (χ1n) is 7.47. The second-order valence-electron chi connectivity index (χ2n) is 5.28. The van der Waals surface area contributed by atoms with E-state index in [4.69, 9.17) is 10.1 Å². The van der Waals surface area contributed by atoms with Crippen LogP contribution in [-0.2, 0) is 13.6 Å². The summed E-state index contributed by atoms with van der Waals surface area (Å²) in [6.45, 7) is 1.59. The van der Waals surface area contributed by atoms with Gasteiger partial charge in [0.25, 0.3) is 0 Å². The molecule has 0 unspecified atom stereocenters. The Morgan fingerprint density at radius 3 is 2.68 bits per heavy atom. The highest BCUT2D eigenvalue weighted by atomic mass is 16.3. The van der Waals surface area contributed by atoms with Crippen molar-refractivity contribution in [2.45, 2.75) is 13.0 Å². The molecule has 0 saturated heterocycles. The van der Waals surface area contributed by atoms with Crippen LogP contribution in [0.3, 0.4) is 0 Å². The van der Waals surface area contributed by atoms with Gasteiger partial charge in [-0.05, 0) is 30.7 Å². The van der Waals surface area contributed by atoms with Crippen LogP contribution in [0, 0.1) is 0 Å². The highest BCUT2D eigenvalue weighted by Crippen LogP contribution is 2.22. The van der Waals surface area contributed by atoms with Gasteiger partial charge in [-0.1, -0.05) is 18.2 Å². The lowest BCUT2D eigenvalue weighted by Crippen LogP contribution is -2.27. The van der Waals surface area contributed by atoms with Crippen molar-refractivity contribution in [1.82, 2.24) is 14.5 Å². The summed E-state index contributed by atoms with van der Waals surface area (Å²) < 4.78 is 2.09. The number of aliphatic hydroxyl groups is 1. The number of imidazole rings is 1. The van der Waals surface area contributed by atoms with Gasteiger partial charge in [-0.3, -0.25) is 4.98 Å². The molecule has 3 aromatic rings. The van der Waals surface area contributed by atoms with E-state index in [2.05, 4.69) is 20.5 Å². The van der Waals surface area contributed by atoms with E-state index in [-0.39, 0.29) is 6.61 Å². The fourth-order valence-corrected chi connectivity index (χ4v) is 2.61. The van der Waals surface area contributed by atoms with Crippen LogP contribution in [0.15, 0.2) is 48.7 Å². The van der Waals surface area contributed by atoms with E-state index in [1.807, 2.05) is 43.4 Å². The predicted octanol–water partition coefficient (Wildman–Crippen LogP) is 2.36. The van der Waals surface area contributed by atoms with Crippen LogP contribution in [0.5, 0.6) is 0 Å². The Morgan fingerprint density at radius 2 is 1.95 bits per heavy atom. The lowest BCUT2D eigenvalue weighted by molar-refractivity contribution is 0.289.